The summed E-state index contributed by atoms with van der Waals surface area (Å²) < 4.78 is 56.1. The second-order valence-electron chi connectivity index (χ2n) is 11.4. The molecule has 3 amide bonds. The Morgan fingerprint density at radius 3 is 2.25 bits per heavy atom. The summed E-state index contributed by atoms with van der Waals surface area (Å²) in [6, 6.07) is 23.9. The van der Waals surface area contributed by atoms with Crippen molar-refractivity contribution in [3.05, 3.63) is 109 Å². The van der Waals surface area contributed by atoms with Crippen LogP contribution < -0.4 is 19.4 Å². The first-order valence-corrected chi connectivity index (χ1v) is 15.0. The number of hydrogen-bond donors (Lipinski definition) is 1. The lowest BCUT2D eigenvalue weighted by molar-refractivity contribution is -0.274. The van der Waals surface area contributed by atoms with Gasteiger partial charge in [0.15, 0.2) is 0 Å². The van der Waals surface area contributed by atoms with Crippen LogP contribution in [0.4, 0.5) is 40.3 Å². The topological polar surface area (TPSA) is 98.8 Å². The van der Waals surface area contributed by atoms with Gasteiger partial charge >= 0.3 is 6.36 Å². The maximum Gasteiger partial charge on any atom is 0.573 e. The van der Waals surface area contributed by atoms with Gasteiger partial charge in [-0.1, -0.05) is 30.3 Å². The van der Waals surface area contributed by atoms with Crippen LogP contribution in [0.15, 0.2) is 97.1 Å². The minimum absolute atomic E-state index is 0.129. The van der Waals surface area contributed by atoms with Crippen LogP contribution in [-0.4, -0.2) is 46.9 Å². The van der Waals surface area contributed by atoms with E-state index in [9.17, 15) is 31.9 Å². The first kappa shape index (κ1) is 32.2. The zero-order valence-corrected chi connectivity index (χ0v) is 25.7. The van der Waals surface area contributed by atoms with E-state index in [1.54, 1.807) is 68.4 Å². The Labute approximate surface area is 272 Å². The summed E-state index contributed by atoms with van der Waals surface area (Å²) in [4.78, 5) is 47.1. The normalized spacial score (nSPS) is 15.1. The molecule has 0 radical (unpaired) electrons. The Kier molecular flexibility index (Phi) is 8.61. The molecule has 1 aromatic heterocycles. The number of fused-ring (bicyclic) bond motifs is 2. The van der Waals surface area contributed by atoms with Gasteiger partial charge in [0.1, 0.15) is 24.0 Å². The zero-order chi connectivity index (χ0) is 34.2. The number of alkyl halides is 3. The van der Waals surface area contributed by atoms with Gasteiger partial charge in [-0.25, -0.2) is 4.39 Å². The lowest BCUT2D eigenvalue weighted by Crippen LogP contribution is -2.48. The molecule has 1 unspecified atom stereocenters. The van der Waals surface area contributed by atoms with Gasteiger partial charge in [-0.3, -0.25) is 24.4 Å². The number of para-hydroxylation sites is 3. The standard InChI is InChI=1S/C35H29F4N5O4/c1-21(2)43(24-13-15-25(16-14-24)48-35(37,38)39)32(45)20-42-30-10-6-7-11-31(30)44(23-8-4-3-5-9-23)34(47)27(33(42)46)19-29-26-17-12-22(36)18-28(26)40-41-29/h3-18,21,27H,19-20H2,1-2H3,(H,40,41). The number of anilines is 4. The maximum atomic E-state index is 14.5. The van der Waals surface area contributed by atoms with Crippen molar-refractivity contribution in [2.45, 2.75) is 32.7 Å². The monoisotopic (exact) mass is 659 g/mol. The second-order valence-corrected chi connectivity index (χ2v) is 11.4. The molecule has 1 atom stereocenters. The van der Waals surface area contributed by atoms with Crippen molar-refractivity contribution in [1.29, 1.82) is 0 Å². The molecule has 48 heavy (non-hydrogen) atoms. The average molecular weight is 660 g/mol. The van der Waals surface area contributed by atoms with Crippen molar-refractivity contribution in [3.8, 4) is 5.75 Å². The highest BCUT2D eigenvalue weighted by atomic mass is 19.4. The molecule has 0 spiro atoms. The third-order valence-electron chi connectivity index (χ3n) is 7.94. The SMILES string of the molecule is CC(C)N(C(=O)CN1C(=O)C(Cc2[nH]nc3cc(F)ccc23)C(=O)N(c2ccccc2)c2ccccc21)c1ccc(OC(F)(F)F)cc1. The van der Waals surface area contributed by atoms with Crippen molar-refractivity contribution >= 4 is 51.4 Å². The van der Waals surface area contributed by atoms with Gasteiger partial charge in [-0.15, -0.1) is 13.2 Å². The predicted molar refractivity (Wildman–Crippen MR) is 171 cm³/mol. The summed E-state index contributed by atoms with van der Waals surface area (Å²) in [6.45, 7) is 2.97. The molecule has 0 saturated carbocycles. The Balaban J connectivity index is 1.41. The number of nitrogens with one attached hydrogen (secondary N) is 1. The van der Waals surface area contributed by atoms with Crippen molar-refractivity contribution in [2.75, 3.05) is 21.2 Å². The molecular weight excluding hydrogens is 630 g/mol. The fraction of sp³-hybridized carbons (Fsp3) is 0.200. The third-order valence-corrected chi connectivity index (χ3v) is 7.94. The minimum atomic E-state index is -4.88. The lowest BCUT2D eigenvalue weighted by Gasteiger charge is -2.31. The van der Waals surface area contributed by atoms with E-state index in [1.165, 1.54) is 45.0 Å². The number of benzene rings is 4. The van der Waals surface area contributed by atoms with Crippen molar-refractivity contribution in [2.24, 2.45) is 5.92 Å². The number of H-pyrrole nitrogens is 1. The van der Waals surface area contributed by atoms with E-state index in [0.29, 0.717) is 33.7 Å². The number of rotatable bonds is 8. The molecule has 5 aromatic rings. The predicted octanol–water partition coefficient (Wildman–Crippen LogP) is 6.91. The number of aromatic nitrogens is 2. The number of hydrogen-bond acceptors (Lipinski definition) is 5. The van der Waals surface area contributed by atoms with Crippen LogP contribution in [0.5, 0.6) is 5.75 Å². The number of halogens is 4. The molecule has 9 nitrogen and oxygen atoms in total. The third kappa shape index (κ3) is 6.43. The van der Waals surface area contributed by atoms with E-state index in [0.717, 1.165) is 12.1 Å². The number of ether oxygens (including phenoxy) is 1. The van der Waals surface area contributed by atoms with Crippen LogP contribution in [0.1, 0.15) is 19.5 Å². The number of carbonyl (C=O) groups is 3. The van der Waals surface area contributed by atoms with Gasteiger partial charge < -0.3 is 14.5 Å². The Morgan fingerprint density at radius 1 is 0.917 bits per heavy atom. The summed E-state index contributed by atoms with van der Waals surface area (Å²) in [5.74, 6) is -4.00. The second kappa shape index (κ2) is 12.8. The molecular formula is C35H29F4N5O4. The molecule has 13 heteroatoms. The van der Waals surface area contributed by atoms with E-state index in [1.807, 2.05) is 0 Å². The van der Waals surface area contributed by atoms with Gasteiger partial charge in [0.2, 0.25) is 17.7 Å². The molecule has 246 valence electrons. The van der Waals surface area contributed by atoms with Gasteiger partial charge in [-0.05, 0) is 74.5 Å². The fourth-order valence-corrected chi connectivity index (χ4v) is 5.90. The van der Waals surface area contributed by atoms with Crippen molar-refractivity contribution in [3.63, 3.8) is 0 Å². The molecule has 1 aliphatic heterocycles. The summed E-state index contributed by atoms with van der Waals surface area (Å²) in [5, 5.41) is 7.54. The molecule has 4 aromatic carbocycles. The van der Waals surface area contributed by atoms with Crippen LogP contribution in [-0.2, 0) is 20.8 Å². The smallest absolute Gasteiger partial charge is 0.406 e. The summed E-state index contributed by atoms with van der Waals surface area (Å²) in [6.07, 6.45) is -5.01. The molecule has 0 saturated heterocycles. The highest BCUT2D eigenvalue weighted by molar-refractivity contribution is 6.21. The summed E-state index contributed by atoms with van der Waals surface area (Å²) >= 11 is 0. The highest BCUT2D eigenvalue weighted by Crippen LogP contribution is 2.40. The van der Waals surface area contributed by atoms with E-state index in [2.05, 4.69) is 14.9 Å². The number of aromatic amines is 1. The molecule has 1 N–H and O–H groups in total. The number of amides is 3. The van der Waals surface area contributed by atoms with Gasteiger partial charge in [0.25, 0.3) is 0 Å². The van der Waals surface area contributed by atoms with E-state index >= 15 is 0 Å². The molecule has 0 bridgehead atoms. The molecule has 2 heterocycles. The Bertz CT molecular complexity index is 1980. The number of carbonyl (C=O) groups excluding carboxylic acids is 3. The van der Waals surface area contributed by atoms with Crippen LogP contribution >= 0.6 is 0 Å². The van der Waals surface area contributed by atoms with E-state index in [4.69, 9.17) is 0 Å². The molecule has 1 aliphatic rings. The van der Waals surface area contributed by atoms with Crippen LogP contribution in [0.3, 0.4) is 0 Å². The number of nitrogens with zero attached hydrogens (tertiary/aromatic N) is 4. The quantitative estimate of drug-likeness (QED) is 0.144. The van der Waals surface area contributed by atoms with Crippen molar-refractivity contribution < 1.29 is 36.7 Å². The first-order valence-electron chi connectivity index (χ1n) is 15.0. The largest absolute Gasteiger partial charge is 0.573 e. The maximum absolute atomic E-state index is 14.5. The summed E-state index contributed by atoms with van der Waals surface area (Å²) in [5.41, 5.74) is 2.24. The van der Waals surface area contributed by atoms with Gasteiger partial charge in [0, 0.05) is 41.0 Å². The van der Waals surface area contributed by atoms with E-state index < -0.39 is 54.2 Å². The van der Waals surface area contributed by atoms with E-state index in [-0.39, 0.29) is 12.1 Å². The molecule has 6 rings (SSSR count). The lowest BCUT2D eigenvalue weighted by atomic mass is 9.97. The molecule has 0 aliphatic carbocycles. The Hall–Kier alpha value is -5.72. The average Bonchev–Trinajstić information content (AvgIpc) is 3.41. The highest BCUT2D eigenvalue weighted by Gasteiger charge is 2.42. The first-order chi connectivity index (χ1) is 22.9. The van der Waals surface area contributed by atoms with Crippen LogP contribution in [0, 0.1) is 11.7 Å². The van der Waals surface area contributed by atoms with Gasteiger partial charge in [-0.2, -0.15) is 5.10 Å². The van der Waals surface area contributed by atoms with Crippen molar-refractivity contribution in [1.82, 2.24) is 10.2 Å². The Morgan fingerprint density at radius 2 is 1.58 bits per heavy atom. The fourth-order valence-electron chi connectivity index (χ4n) is 5.90. The zero-order valence-electron chi connectivity index (χ0n) is 25.7. The minimum Gasteiger partial charge on any atom is -0.406 e. The van der Waals surface area contributed by atoms with Gasteiger partial charge in [0.05, 0.1) is 16.9 Å². The molecule has 0 fully saturated rings. The summed E-state index contributed by atoms with van der Waals surface area (Å²) in [7, 11) is 0. The van der Waals surface area contributed by atoms with Crippen LogP contribution in [0.2, 0.25) is 0 Å². The van der Waals surface area contributed by atoms with Crippen LogP contribution in [0.25, 0.3) is 10.9 Å².